The van der Waals surface area contributed by atoms with Gasteiger partial charge >= 0.3 is 0 Å². The van der Waals surface area contributed by atoms with E-state index in [4.69, 9.17) is 4.74 Å². The van der Waals surface area contributed by atoms with Crippen molar-refractivity contribution >= 4 is 5.91 Å². The number of hydrogen-bond acceptors (Lipinski definition) is 4. The third kappa shape index (κ3) is 3.66. The molecular formula is C23H30N4O2. The molecule has 6 heteroatoms. The quantitative estimate of drug-likeness (QED) is 0.800. The zero-order valence-electron chi connectivity index (χ0n) is 17.1. The highest BCUT2D eigenvalue weighted by atomic mass is 16.5. The number of ether oxygens (including phenoxy) is 1. The number of fused-ring (bicyclic) bond motifs is 4. The van der Waals surface area contributed by atoms with Gasteiger partial charge in [0.1, 0.15) is 12.3 Å². The van der Waals surface area contributed by atoms with E-state index >= 15 is 0 Å². The smallest absolute Gasteiger partial charge is 0.244 e. The van der Waals surface area contributed by atoms with E-state index in [0.29, 0.717) is 30.5 Å². The number of methoxy groups -OCH3 is 1. The SMILES string of the molecule is COc1ccc([C@H]2CCC[C@H]3[C@@H]4C[C@@H](CN(C(=O)Cn5cccn5)C4)CN23)cc1. The van der Waals surface area contributed by atoms with Gasteiger partial charge in [-0.05, 0) is 61.3 Å². The van der Waals surface area contributed by atoms with Gasteiger partial charge in [0.2, 0.25) is 5.91 Å². The molecule has 1 amide bonds. The van der Waals surface area contributed by atoms with Crippen molar-refractivity contribution in [1.82, 2.24) is 19.6 Å². The van der Waals surface area contributed by atoms with Crippen molar-refractivity contribution in [2.24, 2.45) is 11.8 Å². The summed E-state index contributed by atoms with van der Waals surface area (Å²) in [6.07, 6.45) is 8.61. The third-order valence-corrected chi connectivity index (χ3v) is 7.10. The van der Waals surface area contributed by atoms with Crippen LogP contribution >= 0.6 is 0 Å². The molecule has 3 aliphatic rings. The highest BCUT2D eigenvalue weighted by Crippen LogP contribution is 2.44. The monoisotopic (exact) mass is 394 g/mol. The molecule has 0 radical (unpaired) electrons. The Bertz CT molecular complexity index is 835. The zero-order valence-corrected chi connectivity index (χ0v) is 17.1. The summed E-state index contributed by atoms with van der Waals surface area (Å²) >= 11 is 0. The fraction of sp³-hybridized carbons (Fsp3) is 0.565. The minimum atomic E-state index is 0.208. The molecule has 4 atom stereocenters. The van der Waals surface area contributed by atoms with Crippen LogP contribution in [0.15, 0.2) is 42.7 Å². The average molecular weight is 395 g/mol. The van der Waals surface area contributed by atoms with Gasteiger partial charge in [0.05, 0.1) is 7.11 Å². The van der Waals surface area contributed by atoms with Gasteiger partial charge in [0, 0.05) is 44.1 Å². The van der Waals surface area contributed by atoms with Crippen LogP contribution in [0.25, 0.3) is 0 Å². The summed E-state index contributed by atoms with van der Waals surface area (Å²) in [5, 5.41) is 4.20. The predicted molar refractivity (Wildman–Crippen MR) is 110 cm³/mol. The molecule has 1 aromatic heterocycles. The van der Waals surface area contributed by atoms with E-state index in [1.807, 2.05) is 12.3 Å². The van der Waals surface area contributed by atoms with Gasteiger partial charge < -0.3 is 9.64 Å². The molecule has 3 aliphatic heterocycles. The number of likely N-dealkylation sites (tertiary alicyclic amines) is 1. The number of hydrogen-bond donors (Lipinski definition) is 0. The largest absolute Gasteiger partial charge is 0.497 e. The lowest BCUT2D eigenvalue weighted by Gasteiger charge is -2.55. The van der Waals surface area contributed by atoms with Crippen LogP contribution in [-0.4, -0.2) is 58.3 Å². The molecule has 2 bridgehead atoms. The van der Waals surface area contributed by atoms with E-state index < -0.39 is 0 Å². The second kappa shape index (κ2) is 7.82. The molecule has 29 heavy (non-hydrogen) atoms. The van der Waals surface area contributed by atoms with Crippen molar-refractivity contribution in [2.45, 2.75) is 44.3 Å². The Hall–Kier alpha value is -2.34. The van der Waals surface area contributed by atoms with E-state index in [-0.39, 0.29) is 5.91 Å². The van der Waals surface area contributed by atoms with Crippen LogP contribution in [0.2, 0.25) is 0 Å². The van der Waals surface area contributed by atoms with Crippen molar-refractivity contribution in [2.75, 3.05) is 26.7 Å². The summed E-state index contributed by atoms with van der Waals surface area (Å²) in [5.74, 6) is 2.29. The van der Waals surface area contributed by atoms with Gasteiger partial charge in [0.15, 0.2) is 0 Å². The van der Waals surface area contributed by atoms with Crippen LogP contribution in [0.4, 0.5) is 0 Å². The Labute approximate surface area is 172 Å². The Morgan fingerprint density at radius 1 is 1.17 bits per heavy atom. The lowest BCUT2D eigenvalue weighted by molar-refractivity contribution is -0.139. The molecule has 3 saturated heterocycles. The molecule has 154 valence electrons. The molecule has 2 aromatic rings. The van der Waals surface area contributed by atoms with Crippen molar-refractivity contribution in [3.05, 3.63) is 48.3 Å². The van der Waals surface area contributed by atoms with E-state index in [1.165, 1.54) is 31.2 Å². The van der Waals surface area contributed by atoms with Crippen LogP contribution in [0, 0.1) is 11.8 Å². The van der Waals surface area contributed by atoms with Crippen LogP contribution in [0.3, 0.4) is 0 Å². The van der Waals surface area contributed by atoms with Crippen LogP contribution in [0.1, 0.15) is 37.3 Å². The van der Waals surface area contributed by atoms with Crippen LogP contribution in [0.5, 0.6) is 5.75 Å². The van der Waals surface area contributed by atoms with Crippen molar-refractivity contribution in [3.63, 3.8) is 0 Å². The number of aromatic nitrogens is 2. The van der Waals surface area contributed by atoms with Gasteiger partial charge in [0.25, 0.3) is 0 Å². The molecule has 3 fully saturated rings. The first-order valence-electron chi connectivity index (χ1n) is 10.9. The second-order valence-electron chi connectivity index (χ2n) is 8.85. The number of piperidine rings is 3. The van der Waals surface area contributed by atoms with Crippen LogP contribution in [-0.2, 0) is 11.3 Å². The summed E-state index contributed by atoms with van der Waals surface area (Å²) in [6.45, 7) is 3.24. The van der Waals surface area contributed by atoms with Crippen LogP contribution < -0.4 is 4.74 Å². The Balaban J connectivity index is 1.30. The van der Waals surface area contributed by atoms with Gasteiger partial charge in [-0.2, -0.15) is 5.10 Å². The molecule has 0 spiro atoms. The molecule has 0 unspecified atom stereocenters. The standard InChI is InChI=1S/C23H30N4O2/c1-29-20-8-6-18(7-9-20)21-4-2-5-22-19-12-17(14-27(21)22)13-25(15-19)23(28)16-26-11-3-10-24-26/h3,6-11,17,19,21-22H,2,4-5,12-16H2,1H3/t17-,19+,21+,22-/m0/s1. The van der Waals surface area contributed by atoms with E-state index in [2.05, 4.69) is 39.2 Å². The highest BCUT2D eigenvalue weighted by molar-refractivity contribution is 5.76. The second-order valence-corrected chi connectivity index (χ2v) is 8.85. The van der Waals surface area contributed by atoms with Gasteiger partial charge in [-0.15, -0.1) is 0 Å². The fourth-order valence-electron chi connectivity index (χ4n) is 5.83. The number of carbonyl (C=O) groups excluding carboxylic acids is 1. The molecular weight excluding hydrogens is 364 g/mol. The summed E-state index contributed by atoms with van der Waals surface area (Å²) in [5.41, 5.74) is 1.40. The molecule has 0 aliphatic carbocycles. The summed E-state index contributed by atoms with van der Waals surface area (Å²) in [4.78, 5) is 17.7. The molecule has 1 aromatic carbocycles. The summed E-state index contributed by atoms with van der Waals surface area (Å²) in [6, 6.07) is 11.6. The Kier molecular flexibility index (Phi) is 5.04. The normalized spacial score (nSPS) is 29.3. The fourth-order valence-corrected chi connectivity index (χ4v) is 5.83. The lowest BCUT2D eigenvalue weighted by atomic mass is 9.74. The van der Waals surface area contributed by atoms with E-state index in [0.717, 1.165) is 25.4 Å². The van der Waals surface area contributed by atoms with Crippen molar-refractivity contribution in [1.29, 1.82) is 0 Å². The maximum absolute atomic E-state index is 12.8. The minimum Gasteiger partial charge on any atom is -0.497 e. The summed E-state index contributed by atoms with van der Waals surface area (Å²) < 4.78 is 7.07. The third-order valence-electron chi connectivity index (χ3n) is 7.10. The molecule has 5 rings (SSSR count). The van der Waals surface area contributed by atoms with Gasteiger partial charge in [-0.3, -0.25) is 14.4 Å². The van der Waals surface area contributed by atoms with Gasteiger partial charge in [-0.1, -0.05) is 12.1 Å². The molecule has 4 heterocycles. The Morgan fingerprint density at radius 2 is 2.03 bits per heavy atom. The van der Waals surface area contributed by atoms with Crippen molar-refractivity contribution in [3.8, 4) is 5.75 Å². The van der Waals surface area contributed by atoms with Gasteiger partial charge in [-0.25, -0.2) is 0 Å². The molecule has 0 saturated carbocycles. The highest BCUT2D eigenvalue weighted by Gasteiger charge is 2.45. The Morgan fingerprint density at radius 3 is 2.79 bits per heavy atom. The maximum Gasteiger partial charge on any atom is 0.244 e. The van der Waals surface area contributed by atoms with Crippen molar-refractivity contribution < 1.29 is 9.53 Å². The first-order chi connectivity index (χ1) is 14.2. The first kappa shape index (κ1) is 18.7. The lowest BCUT2D eigenvalue weighted by Crippen LogP contribution is -2.60. The van der Waals surface area contributed by atoms with E-state index in [1.54, 1.807) is 18.0 Å². The average Bonchev–Trinajstić information content (AvgIpc) is 3.26. The first-order valence-corrected chi connectivity index (χ1v) is 10.9. The number of benzene rings is 1. The number of nitrogens with zero attached hydrogens (tertiary/aromatic N) is 4. The van der Waals surface area contributed by atoms with E-state index in [9.17, 15) is 4.79 Å². The number of amides is 1. The molecule has 6 nitrogen and oxygen atoms in total. The minimum absolute atomic E-state index is 0.208. The number of carbonyl (C=O) groups is 1. The zero-order chi connectivity index (χ0) is 19.8. The topological polar surface area (TPSA) is 50.6 Å². The predicted octanol–water partition coefficient (Wildman–Crippen LogP) is 2.97. The maximum atomic E-state index is 12.8. The summed E-state index contributed by atoms with van der Waals surface area (Å²) in [7, 11) is 1.72. The number of rotatable bonds is 4. The molecule has 0 N–H and O–H groups in total.